The van der Waals surface area contributed by atoms with Crippen molar-refractivity contribution in [3.8, 4) is 0 Å². The lowest BCUT2D eigenvalue weighted by atomic mass is 10.1. The van der Waals surface area contributed by atoms with Crippen LogP contribution in [0.25, 0.3) is 0 Å². The molecule has 0 aromatic heterocycles. The minimum absolute atomic E-state index is 1.07. The molecule has 0 aliphatic carbocycles. The summed E-state index contributed by atoms with van der Waals surface area (Å²) in [6.45, 7) is 6.03. The minimum atomic E-state index is 1.07. The Hall–Kier alpha value is -0.0800. The van der Waals surface area contributed by atoms with Gasteiger partial charge in [0.2, 0.25) is 0 Å². The van der Waals surface area contributed by atoms with Crippen LogP contribution < -0.4 is 0 Å². The zero-order chi connectivity index (χ0) is 15.3. The average Bonchev–Trinajstić information content (AvgIpc) is 2.38. The molecule has 0 saturated carbocycles. The lowest BCUT2D eigenvalue weighted by Gasteiger charge is -2.27. The van der Waals surface area contributed by atoms with Crippen LogP contribution in [0.3, 0.4) is 0 Å². The maximum absolute atomic E-state index is 2.49. The van der Waals surface area contributed by atoms with Gasteiger partial charge >= 0.3 is 0 Å². The topological polar surface area (TPSA) is 3.24 Å². The second-order valence-electron chi connectivity index (χ2n) is 7.50. The van der Waals surface area contributed by atoms with E-state index >= 15 is 0 Å². The zero-order valence-corrected chi connectivity index (χ0v) is 15.1. The Kier molecular flexibility index (Phi) is 12.6. The molecule has 0 radical (unpaired) electrons. The van der Waals surface area contributed by atoms with E-state index in [1.54, 1.807) is 0 Å². The fourth-order valence-corrected chi connectivity index (χ4v) is 2.45. The molecule has 0 amide bonds. The van der Waals surface area contributed by atoms with Crippen LogP contribution in [-0.2, 0) is 0 Å². The van der Waals surface area contributed by atoms with Crippen molar-refractivity contribution < 1.29 is 4.48 Å². The van der Waals surface area contributed by atoms with Crippen molar-refractivity contribution >= 4 is 0 Å². The average molecular weight is 286 g/mol. The van der Waals surface area contributed by atoms with Crippen molar-refractivity contribution in [2.75, 3.05) is 47.8 Å². The van der Waals surface area contributed by atoms with Crippen molar-refractivity contribution in [2.24, 2.45) is 0 Å². The standard InChI is InChI=1S/C18H41N2/c1-6-7-8-9-10-11-12-13-14-15-16-19(2)17-18-20(3,4)5/h6-18H2,1-5H3/q+1. The Labute approximate surface area is 129 Å². The summed E-state index contributed by atoms with van der Waals surface area (Å²) in [7, 11) is 9.08. The van der Waals surface area contributed by atoms with E-state index in [-0.39, 0.29) is 0 Å². The van der Waals surface area contributed by atoms with Crippen molar-refractivity contribution in [2.45, 2.75) is 71.1 Å². The van der Waals surface area contributed by atoms with E-state index in [1.807, 2.05) is 0 Å². The second-order valence-corrected chi connectivity index (χ2v) is 7.50. The SMILES string of the molecule is CCCCCCCCCCCCN(C)CC[N+](C)(C)C. The van der Waals surface area contributed by atoms with Crippen molar-refractivity contribution in [3.05, 3.63) is 0 Å². The molecule has 2 nitrogen and oxygen atoms in total. The van der Waals surface area contributed by atoms with Gasteiger partial charge in [-0.15, -0.1) is 0 Å². The van der Waals surface area contributed by atoms with Gasteiger partial charge in [-0.1, -0.05) is 64.7 Å². The predicted octanol–water partition coefficient (Wildman–Crippen LogP) is 4.55. The van der Waals surface area contributed by atoms with Gasteiger partial charge in [0.15, 0.2) is 0 Å². The molecule has 0 aliphatic rings. The van der Waals surface area contributed by atoms with E-state index in [0.29, 0.717) is 0 Å². The summed E-state index contributed by atoms with van der Waals surface area (Å²) in [6.07, 6.45) is 14.3. The normalized spacial score (nSPS) is 12.3. The lowest BCUT2D eigenvalue weighted by Crippen LogP contribution is -2.41. The Morgan fingerprint density at radius 1 is 0.650 bits per heavy atom. The first kappa shape index (κ1) is 19.9. The maximum Gasteiger partial charge on any atom is 0.0909 e. The largest absolute Gasteiger partial charge is 0.330 e. The van der Waals surface area contributed by atoms with Crippen LogP contribution >= 0.6 is 0 Å². The van der Waals surface area contributed by atoms with Gasteiger partial charge in [0.1, 0.15) is 0 Å². The molecule has 122 valence electrons. The molecule has 0 unspecified atom stereocenters. The van der Waals surface area contributed by atoms with Gasteiger partial charge in [0, 0.05) is 6.54 Å². The summed E-state index contributed by atoms with van der Waals surface area (Å²) in [5, 5.41) is 0. The van der Waals surface area contributed by atoms with E-state index in [9.17, 15) is 0 Å². The molecule has 0 spiro atoms. The van der Waals surface area contributed by atoms with Crippen LogP contribution in [0.5, 0.6) is 0 Å². The molecule has 0 fully saturated rings. The summed E-state index contributed by atoms with van der Waals surface area (Å²) in [5.74, 6) is 0. The first-order chi connectivity index (χ1) is 9.45. The van der Waals surface area contributed by atoms with Gasteiger partial charge in [-0.05, 0) is 20.0 Å². The molecule has 0 aliphatic heterocycles. The Morgan fingerprint density at radius 3 is 1.55 bits per heavy atom. The Morgan fingerprint density at radius 2 is 1.10 bits per heavy atom. The summed E-state index contributed by atoms with van der Waals surface area (Å²) >= 11 is 0. The van der Waals surface area contributed by atoms with Crippen molar-refractivity contribution in [1.82, 2.24) is 4.90 Å². The van der Waals surface area contributed by atoms with Crippen LogP contribution in [0.2, 0.25) is 0 Å². The first-order valence-electron chi connectivity index (χ1n) is 8.94. The number of hydrogen-bond acceptors (Lipinski definition) is 1. The number of rotatable bonds is 14. The van der Waals surface area contributed by atoms with E-state index in [4.69, 9.17) is 0 Å². The van der Waals surface area contributed by atoms with E-state index in [0.717, 1.165) is 4.48 Å². The molecule has 20 heavy (non-hydrogen) atoms. The minimum Gasteiger partial charge on any atom is -0.330 e. The lowest BCUT2D eigenvalue weighted by molar-refractivity contribution is -0.869. The highest BCUT2D eigenvalue weighted by Gasteiger charge is 2.08. The summed E-state index contributed by atoms with van der Waals surface area (Å²) in [6, 6.07) is 0. The van der Waals surface area contributed by atoms with Crippen LogP contribution in [0.4, 0.5) is 0 Å². The highest BCUT2D eigenvalue weighted by molar-refractivity contribution is 4.53. The van der Waals surface area contributed by atoms with Crippen LogP contribution in [-0.4, -0.2) is 57.2 Å². The third-order valence-electron chi connectivity index (χ3n) is 4.05. The fourth-order valence-electron chi connectivity index (χ4n) is 2.45. The fraction of sp³-hybridized carbons (Fsp3) is 1.00. The van der Waals surface area contributed by atoms with Crippen LogP contribution in [0, 0.1) is 0 Å². The Bertz CT molecular complexity index is 196. The number of hydrogen-bond donors (Lipinski definition) is 0. The number of quaternary nitrogens is 1. The molecule has 0 aromatic carbocycles. The van der Waals surface area contributed by atoms with Gasteiger partial charge in [-0.3, -0.25) is 0 Å². The molecule has 0 heterocycles. The van der Waals surface area contributed by atoms with Gasteiger partial charge in [0.05, 0.1) is 27.7 Å². The first-order valence-corrected chi connectivity index (χ1v) is 8.94. The monoisotopic (exact) mass is 285 g/mol. The molecule has 0 rings (SSSR count). The number of nitrogens with zero attached hydrogens (tertiary/aromatic N) is 2. The zero-order valence-electron chi connectivity index (χ0n) is 15.1. The highest BCUT2D eigenvalue weighted by Crippen LogP contribution is 2.10. The molecule has 2 heteroatoms. The molecule has 0 saturated heterocycles. The molecular formula is C18H41N2+. The van der Waals surface area contributed by atoms with Gasteiger partial charge < -0.3 is 9.38 Å². The van der Waals surface area contributed by atoms with E-state index in [1.165, 1.54) is 83.8 Å². The smallest absolute Gasteiger partial charge is 0.0909 e. The maximum atomic E-state index is 2.49. The second kappa shape index (κ2) is 12.6. The summed E-state index contributed by atoms with van der Waals surface area (Å²) in [4.78, 5) is 2.49. The van der Waals surface area contributed by atoms with Crippen molar-refractivity contribution in [3.63, 3.8) is 0 Å². The van der Waals surface area contributed by atoms with Crippen molar-refractivity contribution in [1.29, 1.82) is 0 Å². The third-order valence-corrected chi connectivity index (χ3v) is 4.05. The van der Waals surface area contributed by atoms with E-state index in [2.05, 4.69) is 40.0 Å². The highest BCUT2D eigenvalue weighted by atomic mass is 15.3. The van der Waals surface area contributed by atoms with Crippen LogP contribution in [0.15, 0.2) is 0 Å². The number of likely N-dealkylation sites (N-methyl/N-ethyl adjacent to an activating group) is 2. The third kappa shape index (κ3) is 16.0. The number of unbranched alkanes of at least 4 members (excludes halogenated alkanes) is 9. The van der Waals surface area contributed by atoms with Crippen LogP contribution in [0.1, 0.15) is 71.1 Å². The molecule has 0 atom stereocenters. The quantitative estimate of drug-likeness (QED) is 0.334. The molecular weight excluding hydrogens is 244 g/mol. The van der Waals surface area contributed by atoms with E-state index < -0.39 is 0 Å². The Balaban J connectivity index is 3.19. The van der Waals surface area contributed by atoms with Gasteiger partial charge in [0.25, 0.3) is 0 Å². The summed E-state index contributed by atoms with van der Waals surface area (Å²) in [5.41, 5.74) is 0. The summed E-state index contributed by atoms with van der Waals surface area (Å²) < 4.78 is 1.07. The molecule has 0 bridgehead atoms. The van der Waals surface area contributed by atoms with Gasteiger partial charge in [-0.25, -0.2) is 0 Å². The molecule has 0 aromatic rings. The predicted molar refractivity (Wildman–Crippen MR) is 92.2 cm³/mol. The molecule has 0 N–H and O–H groups in total. The van der Waals surface area contributed by atoms with Gasteiger partial charge in [-0.2, -0.15) is 0 Å².